The molecule has 2 fully saturated rings. The molecule has 0 radical (unpaired) electrons. The van der Waals surface area contributed by atoms with Crippen molar-refractivity contribution in [1.82, 2.24) is 4.90 Å². The second-order valence-electron chi connectivity index (χ2n) is 4.65. The number of rotatable bonds is 0. The average molecular weight is 217 g/mol. The molecule has 0 atom stereocenters. The van der Waals surface area contributed by atoms with Crippen molar-refractivity contribution in [2.75, 3.05) is 60.5 Å². The number of likely N-dealkylation sites (N-methyl/N-ethyl adjacent to an activating group) is 1. The Hall–Kier alpha value is -0.120. The van der Waals surface area contributed by atoms with Crippen LogP contribution < -0.4 is 0 Å². The standard InChI is InChI=1S/C5H11NO.C5H12N.C2H6/c1-6-2-4-7-5-3-6;1-6(2)4-3-5-6;1-2/h2-5H2,1H3;3-5H2,1-2H3;1-2H3/q;+1;. The van der Waals surface area contributed by atoms with Gasteiger partial charge < -0.3 is 14.1 Å². The lowest BCUT2D eigenvalue weighted by Crippen LogP contribution is -2.50. The predicted molar refractivity (Wildman–Crippen MR) is 66.1 cm³/mol. The van der Waals surface area contributed by atoms with E-state index in [4.69, 9.17) is 4.74 Å². The molecular weight excluding hydrogens is 188 g/mol. The molecule has 2 aliphatic rings. The molecule has 3 heteroatoms. The van der Waals surface area contributed by atoms with Gasteiger partial charge in [-0.25, -0.2) is 0 Å². The minimum absolute atomic E-state index is 0.913. The smallest absolute Gasteiger partial charge is 0.0836 e. The Morgan fingerprint density at radius 3 is 1.53 bits per heavy atom. The minimum atomic E-state index is 0.913. The van der Waals surface area contributed by atoms with Gasteiger partial charge in [-0.05, 0) is 7.05 Å². The normalized spacial score (nSPS) is 23.8. The molecule has 0 aromatic heterocycles. The van der Waals surface area contributed by atoms with Gasteiger partial charge in [0.1, 0.15) is 0 Å². The summed E-state index contributed by atoms with van der Waals surface area (Å²) in [6.45, 7) is 10.8. The first kappa shape index (κ1) is 14.9. The topological polar surface area (TPSA) is 12.5 Å². The molecule has 0 saturated carbocycles. The number of ether oxygens (including phenoxy) is 1. The molecule has 0 N–H and O–H groups in total. The van der Waals surface area contributed by atoms with E-state index in [2.05, 4.69) is 26.0 Å². The van der Waals surface area contributed by atoms with Gasteiger partial charge in [0.05, 0.1) is 40.4 Å². The fourth-order valence-electron chi connectivity index (χ4n) is 1.45. The monoisotopic (exact) mass is 217 g/mol. The van der Waals surface area contributed by atoms with Crippen LogP contribution in [0.4, 0.5) is 0 Å². The summed E-state index contributed by atoms with van der Waals surface area (Å²) >= 11 is 0. The van der Waals surface area contributed by atoms with E-state index < -0.39 is 0 Å². The Kier molecular flexibility index (Phi) is 8.02. The zero-order chi connectivity index (χ0) is 11.7. The van der Waals surface area contributed by atoms with Crippen molar-refractivity contribution in [2.24, 2.45) is 0 Å². The average Bonchev–Trinajstić information content (AvgIpc) is 2.21. The van der Waals surface area contributed by atoms with Gasteiger partial charge in [0.2, 0.25) is 0 Å². The lowest BCUT2D eigenvalue weighted by molar-refractivity contribution is -0.927. The van der Waals surface area contributed by atoms with Gasteiger partial charge in [-0.15, -0.1) is 0 Å². The molecule has 0 bridgehead atoms. The first-order valence-corrected chi connectivity index (χ1v) is 6.18. The van der Waals surface area contributed by atoms with Gasteiger partial charge in [-0.3, -0.25) is 0 Å². The Labute approximate surface area is 95.6 Å². The van der Waals surface area contributed by atoms with Crippen LogP contribution in [0, 0.1) is 0 Å². The lowest BCUT2D eigenvalue weighted by atomic mass is 10.2. The first-order chi connectivity index (χ1) is 7.10. The van der Waals surface area contributed by atoms with Crippen molar-refractivity contribution >= 4 is 0 Å². The second kappa shape index (κ2) is 8.08. The number of morpholine rings is 1. The summed E-state index contributed by atoms with van der Waals surface area (Å²) < 4.78 is 6.35. The Morgan fingerprint density at radius 1 is 1.00 bits per heavy atom. The highest BCUT2D eigenvalue weighted by Crippen LogP contribution is 2.10. The third-order valence-electron chi connectivity index (χ3n) is 2.76. The van der Waals surface area contributed by atoms with Crippen molar-refractivity contribution in [3.05, 3.63) is 0 Å². The van der Waals surface area contributed by atoms with Gasteiger partial charge in [-0.1, -0.05) is 13.8 Å². The van der Waals surface area contributed by atoms with Crippen LogP contribution in [0.1, 0.15) is 20.3 Å². The van der Waals surface area contributed by atoms with Gasteiger partial charge >= 0.3 is 0 Å². The second-order valence-corrected chi connectivity index (χ2v) is 4.65. The SMILES string of the molecule is CC.CN1CCOCC1.C[N+]1(C)CCC1. The van der Waals surface area contributed by atoms with Gasteiger partial charge in [-0.2, -0.15) is 0 Å². The molecule has 2 heterocycles. The van der Waals surface area contributed by atoms with Crippen LogP contribution in [0.3, 0.4) is 0 Å². The highest BCUT2D eigenvalue weighted by molar-refractivity contribution is 4.53. The predicted octanol–water partition coefficient (Wildman–Crippen LogP) is 1.44. The Morgan fingerprint density at radius 2 is 1.40 bits per heavy atom. The fraction of sp³-hybridized carbons (Fsp3) is 1.00. The largest absolute Gasteiger partial charge is 0.379 e. The maximum Gasteiger partial charge on any atom is 0.0836 e. The summed E-state index contributed by atoms with van der Waals surface area (Å²) in [4.78, 5) is 2.27. The molecule has 2 saturated heterocycles. The van der Waals surface area contributed by atoms with E-state index in [1.165, 1.54) is 24.0 Å². The third kappa shape index (κ3) is 7.77. The molecule has 0 aliphatic carbocycles. The molecule has 0 spiro atoms. The van der Waals surface area contributed by atoms with Crippen molar-refractivity contribution in [3.8, 4) is 0 Å². The van der Waals surface area contributed by atoms with Crippen molar-refractivity contribution in [1.29, 1.82) is 0 Å². The van der Waals surface area contributed by atoms with Crippen molar-refractivity contribution in [3.63, 3.8) is 0 Å². The van der Waals surface area contributed by atoms with E-state index in [0.29, 0.717) is 0 Å². The number of hydrogen-bond donors (Lipinski definition) is 0. The van der Waals surface area contributed by atoms with Gasteiger partial charge in [0.25, 0.3) is 0 Å². The van der Waals surface area contributed by atoms with Gasteiger partial charge in [0.15, 0.2) is 0 Å². The lowest BCUT2D eigenvalue weighted by Gasteiger charge is -2.37. The summed E-state index contributed by atoms with van der Waals surface area (Å²) in [5.41, 5.74) is 0. The van der Waals surface area contributed by atoms with Crippen LogP contribution in [0.15, 0.2) is 0 Å². The molecule has 15 heavy (non-hydrogen) atoms. The van der Waals surface area contributed by atoms with Gasteiger partial charge in [0, 0.05) is 19.5 Å². The van der Waals surface area contributed by atoms with Crippen LogP contribution in [0.5, 0.6) is 0 Å². The zero-order valence-corrected chi connectivity index (χ0v) is 11.3. The quantitative estimate of drug-likeness (QED) is 0.569. The summed E-state index contributed by atoms with van der Waals surface area (Å²) in [5.74, 6) is 0. The number of quaternary nitrogens is 1. The number of nitrogens with zero attached hydrogens (tertiary/aromatic N) is 2. The van der Waals surface area contributed by atoms with Crippen LogP contribution >= 0.6 is 0 Å². The van der Waals surface area contributed by atoms with E-state index in [0.717, 1.165) is 26.3 Å². The zero-order valence-electron chi connectivity index (χ0n) is 11.3. The highest BCUT2D eigenvalue weighted by Gasteiger charge is 2.23. The van der Waals surface area contributed by atoms with E-state index >= 15 is 0 Å². The van der Waals surface area contributed by atoms with E-state index in [-0.39, 0.29) is 0 Å². The van der Waals surface area contributed by atoms with Crippen LogP contribution in [-0.4, -0.2) is 69.9 Å². The molecule has 3 nitrogen and oxygen atoms in total. The van der Waals surface area contributed by atoms with E-state index in [1.54, 1.807) is 0 Å². The molecule has 0 aromatic rings. The highest BCUT2D eigenvalue weighted by atomic mass is 16.5. The van der Waals surface area contributed by atoms with Crippen LogP contribution in [0.25, 0.3) is 0 Å². The molecule has 92 valence electrons. The Balaban J connectivity index is 0.000000227. The van der Waals surface area contributed by atoms with Crippen LogP contribution in [0.2, 0.25) is 0 Å². The summed E-state index contributed by atoms with van der Waals surface area (Å²) in [7, 11) is 6.65. The third-order valence-corrected chi connectivity index (χ3v) is 2.76. The molecule has 0 aromatic carbocycles. The fourth-order valence-corrected chi connectivity index (χ4v) is 1.45. The first-order valence-electron chi connectivity index (χ1n) is 6.18. The van der Waals surface area contributed by atoms with Crippen molar-refractivity contribution in [2.45, 2.75) is 20.3 Å². The van der Waals surface area contributed by atoms with Crippen molar-refractivity contribution < 1.29 is 9.22 Å². The molecule has 2 aliphatic heterocycles. The maximum atomic E-state index is 5.10. The summed E-state index contributed by atoms with van der Waals surface area (Å²) in [6.07, 6.45) is 1.44. The molecular formula is C12H29N2O+. The van der Waals surface area contributed by atoms with Crippen LogP contribution in [-0.2, 0) is 4.74 Å². The number of likely N-dealkylation sites (tertiary alicyclic amines) is 1. The molecule has 2 rings (SSSR count). The van der Waals surface area contributed by atoms with E-state index in [9.17, 15) is 0 Å². The molecule has 0 unspecified atom stereocenters. The number of hydrogen-bond acceptors (Lipinski definition) is 2. The summed E-state index contributed by atoms with van der Waals surface area (Å²) in [6, 6.07) is 0. The summed E-state index contributed by atoms with van der Waals surface area (Å²) in [5, 5.41) is 0. The van der Waals surface area contributed by atoms with E-state index in [1.807, 2.05) is 13.8 Å². The minimum Gasteiger partial charge on any atom is -0.379 e. The Bertz CT molecular complexity index is 137. The molecule has 0 amide bonds. The maximum absolute atomic E-state index is 5.10.